The Morgan fingerprint density at radius 3 is 2.67 bits per heavy atom. The number of nitrogens with one attached hydrogen (secondary N) is 2. The number of hydrogen-bond acceptors (Lipinski definition) is 5. The average Bonchev–Trinajstić information content (AvgIpc) is 2.69. The number of nitrogens with zero attached hydrogens (tertiary/aromatic N) is 3. The molecule has 2 rings (SSSR count). The maximum atomic E-state index is 12.8. The van der Waals surface area contributed by atoms with Gasteiger partial charge in [-0.05, 0) is 13.3 Å². The van der Waals surface area contributed by atoms with Gasteiger partial charge in [0.2, 0.25) is 5.91 Å². The van der Waals surface area contributed by atoms with Gasteiger partial charge in [0.25, 0.3) is 5.91 Å². The van der Waals surface area contributed by atoms with E-state index in [0.717, 1.165) is 51.4 Å². The zero-order valence-electron chi connectivity index (χ0n) is 16.5. The topological polar surface area (TPSA) is 88.9 Å². The predicted octanol–water partition coefficient (Wildman–Crippen LogP) is -0.551. The fourth-order valence-electron chi connectivity index (χ4n) is 3.00. The summed E-state index contributed by atoms with van der Waals surface area (Å²) in [5, 5.41) is 2.86. The van der Waals surface area contributed by atoms with Gasteiger partial charge < -0.3 is 19.9 Å². The quantitative estimate of drug-likeness (QED) is 0.570. The number of ether oxygens (including phenoxy) is 1. The smallest absolute Gasteiger partial charge is 0.274 e. The van der Waals surface area contributed by atoms with E-state index in [4.69, 9.17) is 4.74 Å². The molecule has 0 radical (unpaired) electrons. The van der Waals surface area contributed by atoms with E-state index in [2.05, 4.69) is 15.3 Å². The number of quaternary nitrogens is 1. The SMILES string of the molecule is CCCNC(=O)CCN(CCC[NH+]1CCOCC1)C(=O)c1cnc(C)cn1. The lowest BCUT2D eigenvalue weighted by molar-refractivity contribution is -0.908. The Bertz CT molecular complexity index is 588. The van der Waals surface area contributed by atoms with Gasteiger partial charge in [-0.3, -0.25) is 14.6 Å². The van der Waals surface area contributed by atoms with Crippen molar-refractivity contribution >= 4 is 11.8 Å². The lowest BCUT2D eigenvalue weighted by Crippen LogP contribution is -3.14. The molecule has 0 bridgehead atoms. The molecule has 1 saturated heterocycles. The lowest BCUT2D eigenvalue weighted by Gasteiger charge is -2.26. The van der Waals surface area contributed by atoms with Crippen LogP contribution in [0.2, 0.25) is 0 Å². The summed E-state index contributed by atoms with van der Waals surface area (Å²) in [6.07, 6.45) is 5.19. The zero-order valence-corrected chi connectivity index (χ0v) is 16.5. The van der Waals surface area contributed by atoms with Crippen molar-refractivity contribution in [2.75, 3.05) is 52.5 Å². The van der Waals surface area contributed by atoms with Crippen molar-refractivity contribution < 1.29 is 19.2 Å². The maximum absolute atomic E-state index is 12.8. The minimum absolute atomic E-state index is 0.0246. The fourth-order valence-corrected chi connectivity index (χ4v) is 3.00. The summed E-state index contributed by atoms with van der Waals surface area (Å²) < 4.78 is 5.38. The molecule has 1 aromatic rings. The number of amides is 2. The monoisotopic (exact) mass is 378 g/mol. The molecule has 2 amide bonds. The molecule has 1 fully saturated rings. The van der Waals surface area contributed by atoms with Crippen LogP contribution >= 0.6 is 0 Å². The molecule has 1 aliphatic rings. The first kappa shape index (κ1) is 21.2. The summed E-state index contributed by atoms with van der Waals surface area (Å²) in [5.74, 6) is -0.189. The molecule has 0 atom stereocenters. The molecule has 1 aromatic heterocycles. The van der Waals surface area contributed by atoms with Crippen LogP contribution in [0.25, 0.3) is 0 Å². The van der Waals surface area contributed by atoms with E-state index in [1.807, 2.05) is 13.8 Å². The van der Waals surface area contributed by atoms with Gasteiger partial charge in [0.15, 0.2) is 0 Å². The van der Waals surface area contributed by atoms with Crippen molar-refractivity contribution in [3.05, 3.63) is 23.8 Å². The molecular weight excluding hydrogens is 346 g/mol. The van der Waals surface area contributed by atoms with Crippen LogP contribution in [0.4, 0.5) is 0 Å². The summed E-state index contributed by atoms with van der Waals surface area (Å²) in [6.45, 7) is 10.1. The third-order valence-electron chi connectivity index (χ3n) is 4.63. The first-order chi connectivity index (χ1) is 13.1. The molecule has 2 heterocycles. The van der Waals surface area contributed by atoms with Crippen molar-refractivity contribution in [1.82, 2.24) is 20.2 Å². The molecule has 150 valence electrons. The highest BCUT2D eigenvalue weighted by Gasteiger charge is 2.20. The van der Waals surface area contributed by atoms with E-state index in [9.17, 15) is 9.59 Å². The number of morpholine rings is 1. The number of aryl methyl sites for hydroxylation is 1. The molecule has 8 nitrogen and oxygen atoms in total. The molecule has 0 spiro atoms. The van der Waals surface area contributed by atoms with Gasteiger partial charge in [-0.25, -0.2) is 4.98 Å². The molecule has 1 aliphatic heterocycles. The third kappa shape index (κ3) is 7.60. The number of carbonyl (C=O) groups excluding carboxylic acids is 2. The molecule has 2 N–H and O–H groups in total. The van der Waals surface area contributed by atoms with Gasteiger partial charge in [0.1, 0.15) is 18.8 Å². The van der Waals surface area contributed by atoms with E-state index >= 15 is 0 Å². The Labute approximate surface area is 161 Å². The van der Waals surface area contributed by atoms with Gasteiger partial charge in [-0.15, -0.1) is 0 Å². The molecule has 0 aromatic carbocycles. The number of aromatic nitrogens is 2. The van der Waals surface area contributed by atoms with Crippen molar-refractivity contribution in [1.29, 1.82) is 0 Å². The van der Waals surface area contributed by atoms with Crippen LogP contribution in [0.3, 0.4) is 0 Å². The van der Waals surface area contributed by atoms with Crippen LogP contribution in [0, 0.1) is 6.92 Å². The van der Waals surface area contributed by atoms with Crippen LogP contribution in [0.1, 0.15) is 42.4 Å². The fraction of sp³-hybridized carbons (Fsp3) is 0.684. The molecule has 0 saturated carbocycles. The minimum Gasteiger partial charge on any atom is -0.370 e. The molecular formula is C19H32N5O3+. The van der Waals surface area contributed by atoms with Gasteiger partial charge in [-0.2, -0.15) is 0 Å². The highest BCUT2D eigenvalue weighted by atomic mass is 16.5. The van der Waals surface area contributed by atoms with Gasteiger partial charge in [-0.1, -0.05) is 6.92 Å². The van der Waals surface area contributed by atoms with Crippen LogP contribution in [-0.4, -0.2) is 79.2 Å². The van der Waals surface area contributed by atoms with Crippen molar-refractivity contribution in [2.45, 2.75) is 33.1 Å². The first-order valence-corrected chi connectivity index (χ1v) is 9.86. The Morgan fingerprint density at radius 2 is 2.00 bits per heavy atom. The van der Waals surface area contributed by atoms with Crippen molar-refractivity contribution in [3.8, 4) is 0 Å². The van der Waals surface area contributed by atoms with Crippen LogP contribution in [0.5, 0.6) is 0 Å². The maximum Gasteiger partial charge on any atom is 0.274 e. The highest BCUT2D eigenvalue weighted by molar-refractivity contribution is 5.92. The summed E-state index contributed by atoms with van der Waals surface area (Å²) in [6, 6.07) is 0. The second kappa shape index (κ2) is 11.6. The summed E-state index contributed by atoms with van der Waals surface area (Å²) in [7, 11) is 0. The van der Waals surface area contributed by atoms with E-state index in [-0.39, 0.29) is 11.8 Å². The number of rotatable bonds is 10. The average molecular weight is 378 g/mol. The summed E-state index contributed by atoms with van der Waals surface area (Å²) >= 11 is 0. The van der Waals surface area contributed by atoms with E-state index in [1.165, 1.54) is 11.1 Å². The second-order valence-electron chi connectivity index (χ2n) is 6.90. The number of hydrogen-bond donors (Lipinski definition) is 2. The summed E-state index contributed by atoms with van der Waals surface area (Å²) in [5.41, 5.74) is 1.10. The molecule has 0 unspecified atom stereocenters. The number of carbonyl (C=O) groups is 2. The zero-order chi connectivity index (χ0) is 19.5. The van der Waals surface area contributed by atoms with Crippen LogP contribution in [-0.2, 0) is 9.53 Å². The lowest BCUT2D eigenvalue weighted by atomic mass is 10.2. The largest absolute Gasteiger partial charge is 0.370 e. The van der Waals surface area contributed by atoms with Crippen LogP contribution < -0.4 is 10.2 Å². The standard InChI is InChI=1S/C19H31N5O3/c1-3-6-20-18(25)5-9-24(8-4-7-23-10-12-27-13-11-23)19(26)17-15-21-16(2)14-22-17/h14-15H,3-13H2,1-2H3,(H,20,25)/p+1. The van der Waals surface area contributed by atoms with Crippen molar-refractivity contribution in [3.63, 3.8) is 0 Å². The molecule has 8 heteroatoms. The summed E-state index contributed by atoms with van der Waals surface area (Å²) in [4.78, 5) is 36.4. The predicted molar refractivity (Wildman–Crippen MR) is 102 cm³/mol. The van der Waals surface area contributed by atoms with E-state index in [1.54, 1.807) is 11.1 Å². The van der Waals surface area contributed by atoms with Crippen molar-refractivity contribution in [2.24, 2.45) is 0 Å². The van der Waals surface area contributed by atoms with Gasteiger partial charge in [0.05, 0.1) is 31.6 Å². The van der Waals surface area contributed by atoms with Gasteiger partial charge >= 0.3 is 0 Å². The van der Waals surface area contributed by atoms with E-state index < -0.39 is 0 Å². The van der Waals surface area contributed by atoms with Gasteiger partial charge in [0, 0.05) is 38.7 Å². The van der Waals surface area contributed by atoms with E-state index in [0.29, 0.717) is 31.7 Å². The highest BCUT2D eigenvalue weighted by Crippen LogP contribution is 2.04. The normalized spacial score (nSPS) is 14.7. The Hall–Kier alpha value is -2.06. The second-order valence-corrected chi connectivity index (χ2v) is 6.90. The Kier molecular flexibility index (Phi) is 9.13. The molecule has 27 heavy (non-hydrogen) atoms. The Morgan fingerprint density at radius 1 is 1.22 bits per heavy atom. The molecule has 0 aliphatic carbocycles. The Balaban J connectivity index is 1.90. The minimum atomic E-state index is -0.164. The van der Waals surface area contributed by atoms with Crippen LogP contribution in [0.15, 0.2) is 12.4 Å². The first-order valence-electron chi connectivity index (χ1n) is 9.86. The third-order valence-corrected chi connectivity index (χ3v) is 4.63.